The number of nitrogens with zero attached hydrogens (tertiary/aromatic N) is 1. The molecule has 1 amide bonds. The van der Waals surface area contributed by atoms with Crippen molar-refractivity contribution in [3.63, 3.8) is 0 Å². The fraction of sp³-hybridized carbons (Fsp3) is 0.435. The van der Waals surface area contributed by atoms with Crippen molar-refractivity contribution in [2.45, 2.75) is 39.0 Å². The minimum absolute atomic E-state index is 0.114. The lowest BCUT2D eigenvalue weighted by Gasteiger charge is -2.22. The zero-order valence-electron chi connectivity index (χ0n) is 15.6. The van der Waals surface area contributed by atoms with Crippen LogP contribution in [0.3, 0.4) is 0 Å². The molecule has 1 saturated heterocycles. The fourth-order valence-corrected chi connectivity index (χ4v) is 4.33. The Bertz CT molecular complexity index is 829. The number of nitrogens with two attached hydrogens (primary N) is 1. The number of hydrogen-bond donors (Lipinski definition) is 1. The standard InChI is InChI=1S/C23H28N2O/c1-23(15-24)11-12-25(16-23)22(26)8-4-5-17-9-10-19-14-18-6-2-3-7-20(18)21(19)13-17/h2-3,6-7,9-10,13H,4-5,8,11-12,14-16,24H2,1H3. The van der Waals surface area contributed by atoms with E-state index >= 15 is 0 Å². The minimum Gasteiger partial charge on any atom is -0.342 e. The Labute approximate surface area is 156 Å². The average Bonchev–Trinajstić information content (AvgIpc) is 3.23. The van der Waals surface area contributed by atoms with Gasteiger partial charge in [0.2, 0.25) is 5.91 Å². The number of aryl methyl sites for hydroxylation is 1. The van der Waals surface area contributed by atoms with E-state index in [1.807, 2.05) is 4.90 Å². The molecule has 0 spiro atoms. The molecule has 0 aromatic heterocycles. The monoisotopic (exact) mass is 348 g/mol. The van der Waals surface area contributed by atoms with Crippen molar-refractivity contribution < 1.29 is 4.79 Å². The molecule has 1 fully saturated rings. The first-order valence-corrected chi connectivity index (χ1v) is 9.76. The van der Waals surface area contributed by atoms with Crippen LogP contribution >= 0.6 is 0 Å². The van der Waals surface area contributed by atoms with E-state index in [4.69, 9.17) is 5.73 Å². The first-order chi connectivity index (χ1) is 12.6. The molecular formula is C23H28N2O. The lowest BCUT2D eigenvalue weighted by atomic mass is 9.90. The van der Waals surface area contributed by atoms with E-state index in [0.717, 1.165) is 38.8 Å². The van der Waals surface area contributed by atoms with Crippen LogP contribution < -0.4 is 5.73 Å². The summed E-state index contributed by atoms with van der Waals surface area (Å²) in [7, 11) is 0. The van der Waals surface area contributed by atoms with E-state index in [2.05, 4.69) is 49.4 Å². The molecule has 3 heteroatoms. The number of likely N-dealkylation sites (tertiary alicyclic amines) is 1. The summed E-state index contributed by atoms with van der Waals surface area (Å²) in [6.45, 7) is 4.52. The third-order valence-corrected chi connectivity index (χ3v) is 6.12. The second-order valence-corrected chi connectivity index (χ2v) is 8.26. The third-order valence-electron chi connectivity index (χ3n) is 6.12. The van der Waals surface area contributed by atoms with Crippen LogP contribution in [0.4, 0.5) is 0 Å². The second-order valence-electron chi connectivity index (χ2n) is 8.26. The molecule has 1 heterocycles. The normalized spacial score (nSPS) is 20.9. The maximum absolute atomic E-state index is 12.5. The summed E-state index contributed by atoms with van der Waals surface area (Å²) in [5.74, 6) is 0.286. The van der Waals surface area contributed by atoms with Crippen LogP contribution in [-0.2, 0) is 17.6 Å². The molecule has 2 aromatic rings. The van der Waals surface area contributed by atoms with Crippen molar-refractivity contribution in [2.24, 2.45) is 11.1 Å². The van der Waals surface area contributed by atoms with Crippen molar-refractivity contribution >= 4 is 5.91 Å². The number of carbonyl (C=O) groups is 1. The Morgan fingerprint density at radius 3 is 2.77 bits per heavy atom. The number of amides is 1. The molecule has 26 heavy (non-hydrogen) atoms. The van der Waals surface area contributed by atoms with Crippen molar-refractivity contribution in [3.8, 4) is 11.1 Å². The molecule has 3 nitrogen and oxygen atoms in total. The number of benzene rings is 2. The van der Waals surface area contributed by atoms with Gasteiger partial charge in [0.15, 0.2) is 0 Å². The van der Waals surface area contributed by atoms with Gasteiger partial charge in [-0.15, -0.1) is 0 Å². The smallest absolute Gasteiger partial charge is 0.222 e. The Morgan fingerprint density at radius 1 is 1.15 bits per heavy atom. The Morgan fingerprint density at radius 2 is 1.96 bits per heavy atom. The average molecular weight is 348 g/mol. The van der Waals surface area contributed by atoms with Gasteiger partial charge in [0, 0.05) is 19.5 Å². The van der Waals surface area contributed by atoms with Crippen molar-refractivity contribution in [1.29, 1.82) is 0 Å². The van der Waals surface area contributed by atoms with Crippen LogP contribution in [0.5, 0.6) is 0 Å². The molecule has 1 aliphatic carbocycles. The molecule has 136 valence electrons. The molecule has 1 unspecified atom stereocenters. The molecular weight excluding hydrogens is 320 g/mol. The van der Waals surface area contributed by atoms with Gasteiger partial charge in [0.05, 0.1) is 0 Å². The first kappa shape index (κ1) is 17.3. The van der Waals surface area contributed by atoms with Gasteiger partial charge in [-0.25, -0.2) is 0 Å². The maximum atomic E-state index is 12.5. The predicted octanol–water partition coefficient (Wildman–Crippen LogP) is 3.78. The molecule has 0 radical (unpaired) electrons. The summed E-state index contributed by atoms with van der Waals surface area (Å²) in [4.78, 5) is 14.5. The quantitative estimate of drug-likeness (QED) is 0.763. The number of rotatable bonds is 5. The third kappa shape index (κ3) is 3.28. The van der Waals surface area contributed by atoms with E-state index in [0.29, 0.717) is 13.0 Å². The van der Waals surface area contributed by atoms with Gasteiger partial charge >= 0.3 is 0 Å². The maximum Gasteiger partial charge on any atom is 0.222 e. The molecule has 0 bridgehead atoms. The summed E-state index contributed by atoms with van der Waals surface area (Å²) >= 11 is 0. The summed E-state index contributed by atoms with van der Waals surface area (Å²) in [6, 6.07) is 15.5. The highest BCUT2D eigenvalue weighted by Gasteiger charge is 2.34. The summed E-state index contributed by atoms with van der Waals surface area (Å²) in [5, 5.41) is 0. The zero-order valence-corrected chi connectivity index (χ0v) is 15.6. The molecule has 0 saturated carbocycles. The number of hydrogen-bond acceptors (Lipinski definition) is 2. The second kappa shape index (κ2) is 6.88. The Kier molecular flexibility index (Phi) is 4.58. The largest absolute Gasteiger partial charge is 0.342 e. The first-order valence-electron chi connectivity index (χ1n) is 9.76. The van der Waals surface area contributed by atoms with Crippen LogP contribution in [-0.4, -0.2) is 30.4 Å². The summed E-state index contributed by atoms with van der Waals surface area (Å²) in [6.07, 6.45) is 4.57. The van der Waals surface area contributed by atoms with Gasteiger partial charge in [0.25, 0.3) is 0 Å². The van der Waals surface area contributed by atoms with E-state index in [1.165, 1.54) is 27.8 Å². The lowest BCUT2D eigenvalue weighted by molar-refractivity contribution is -0.130. The summed E-state index contributed by atoms with van der Waals surface area (Å²) in [5.41, 5.74) is 12.9. The molecule has 2 N–H and O–H groups in total. The van der Waals surface area contributed by atoms with E-state index in [9.17, 15) is 4.79 Å². The Hall–Kier alpha value is -2.13. The van der Waals surface area contributed by atoms with Crippen LogP contribution in [0.2, 0.25) is 0 Å². The fourth-order valence-electron chi connectivity index (χ4n) is 4.33. The van der Waals surface area contributed by atoms with Crippen molar-refractivity contribution in [2.75, 3.05) is 19.6 Å². The number of carbonyl (C=O) groups excluding carboxylic acids is 1. The van der Waals surface area contributed by atoms with E-state index < -0.39 is 0 Å². The van der Waals surface area contributed by atoms with Gasteiger partial charge in [-0.05, 0) is 65.5 Å². The van der Waals surface area contributed by atoms with Crippen LogP contribution in [0.1, 0.15) is 42.9 Å². The van der Waals surface area contributed by atoms with Gasteiger partial charge in [-0.2, -0.15) is 0 Å². The van der Waals surface area contributed by atoms with Crippen molar-refractivity contribution in [1.82, 2.24) is 4.90 Å². The zero-order chi connectivity index (χ0) is 18.1. The van der Waals surface area contributed by atoms with Gasteiger partial charge < -0.3 is 10.6 Å². The van der Waals surface area contributed by atoms with Gasteiger partial charge in [0.1, 0.15) is 0 Å². The highest BCUT2D eigenvalue weighted by atomic mass is 16.2. The summed E-state index contributed by atoms with van der Waals surface area (Å²) < 4.78 is 0. The van der Waals surface area contributed by atoms with E-state index in [-0.39, 0.29) is 11.3 Å². The highest BCUT2D eigenvalue weighted by Crippen LogP contribution is 2.37. The Balaban J connectivity index is 1.35. The lowest BCUT2D eigenvalue weighted by Crippen LogP contribution is -2.34. The molecule has 1 atom stereocenters. The SMILES string of the molecule is CC1(CN)CCN(C(=O)CCCc2ccc3c(c2)-c2ccccc2C3)C1. The molecule has 2 aliphatic rings. The molecule has 2 aromatic carbocycles. The van der Waals surface area contributed by atoms with Crippen molar-refractivity contribution in [3.05, 3.63) is 59.2 Å². The van der Waals surface area contributed by atoms with E-state index in [1.54, 1.807) is 0 Å². The topological polar surface area (TPSA) is 46.3 Å². The minimum atomic E-state index is 0.114. The molecule has 4 rings (SSSR count). The predicted molar refractivity (Wildman–Crippen MR) is 106 cm³/mol. The van der Waals surface area contributed by atoms with Crippen LogP contribution in [0.25, 0.3) is 11.1 Å². The highest BCUT2D eigenvalue weighted by molar-refractivity contribution is 5.77. The molecule has 1 aliphatic heterocycles. The van der Waals surface area contributed by atoms with Gasteiger partial charge in [-0.1, -0.05) is 49.4 Å². The number of fused-ring (bicyclic) bond motifs is 3. The van der Waals surface area contributed by atoms with Crippen LogP contribution in [0.15, 0.2) is 42.5 Å². The van der Waals surface area contributed by atoms with Crippen LogP contribution in [0, 0.1) is 5.41 Å². The van der Waals surface area contributed by atoms with Gasteiger partial charge in [-0.3, -0.25) is 4.79 Å².